The van der Waals surface area contributed by atoms with E-state index >= 15 is 0 Å². The average molecular weight is 182 g/mol. The summed E-state index contributed by atoms with van der Waals surface area (Å²) in [5.41, 5.74) is 0. The Hall–Kier alpha value is -0.800. The van der Waals surface area contributed by atoms with Gasteiger partial charge in [-0.25, -0.2) is 0 Å². The van der Waals surface area contributed by atoms with Crippen LogP contribution < -0.4 is 0 Å². The molecule has 13 heavy (non-hydrogen) atoms. The second-order valence-electron chi connectivity index (χ2n) is 3.19. The molecular weight excluding hydrogens is 168 g/mol. The zero-order valence-corrected chi connectivity index (χ0v) is 7.52. The Morgan fingerprint density at radius 1 is 0.923 bits per heavy atom. The Morgan fingerprint density at radius 2 is 1.38 bits per heavy atom. The number of ether oxygens (including phenoxy) is 3. The van der Waals surface area contributed by atoms with E-state index in [2.05, 4.69) is 0 Å². The fourth-order valence-corrected chi connectivity index (χ4v) is 1.12. The summed E-state index contributed by atoms with van der Waals surface area (Å²) in [6.07, 6.45) is 9.94. The van der Waals surface area contributed by atoms with Crippen LogP contribution in [-0.2, 0) is 14.2 Å². The van der Waals surface area contributed by atoms with E-state index in [0.29, 0.717) is 0 Å². The summed E-state index contributed by atoms with van der Waals surface area (Å²) in [6, 6.07) is 0. The molecule has 0 amide bonds. The monoisotopic (exact) mass is 182 g/mol. The molecule has 2 aliphatic rings. The zero-order chi connectivity index (χ0) is 8.93. The molecule has 3 heteroatoms. The standard InChI is InChI=1S/C10H14O3/c1(9-3-7-12-9)5-11-6-2-10-4-8-13-10/h1-2,5-6,9-10H,3-4,7-8H2. The van der Waals surface area contributed by atoms with Crippen molar-refractivity contribution in [3.8, 4) is 0 Å². The van der Waals surface area contributed by atoms with Gasteiger partial charge in [-0.15, -0.1) is 0 Å². The first kappa shape index (κ1) is 8.78. The highest BCUT2D eigenvalue weighted by Crippen LogP contribution is 2.13. The molecular formula is C10H14O3. The zero-order valence-electron chi connectivity index (χ0n) is 7.52. The molecule has 2 heterocycles. The molecule has 2 saturated heterocycles. The molecule has 0 radical (unpaired) electrons. The van der Waals surface area contributed by atoms with E-state index in [0.717, 1.165) is 26.1 Å². The van der Waals surface area contributed by atoms with Crippen molar-refractivity contribution in [3.63, 3.8) is 0 Å². The molecule has 0 aliphatic carbocycles. The van der Waals surface area contributed by atoms with E-state index < -0.39 is 0 Å². The van der Waals surface area contributed by atoms with Gasteiger partial charge in [0.25, 0.3) is 0 Å². The maximum absolute atomic E-state index is 5.18. The molecule has 2 atom stereocenters. The minimum atomic E-state index is 0.272. The van der Waals surface area contributed by atoms with E-state index in [1.54, 1.807) is 12.5 Å². The van der Waals surface area contributed by atoms with Crippen LogP contribution in [0.25, 0.3) is 0 Å². The first-order chi connectivity index (χ1) is 6.45. The molecule has 2 fully saturated rings. The summed E-state index contributed by atoms with van der Waals surface area (Å²) >= 11 is 0. The molecule has 2 rings (SSSR count). The Kier molecular flexibility index (Phi) is 3.00. The van der Waals surface area contributed by atoms with Gasteiger partial charge in [-0.1, -0.05) is 0 Å². The van der Waals surface area contributed by atoms with Crippen LogP contribution >= 0.6 is 0 Å². The maximum Gasteiger partial charge on any atom is 0.0887 e. The van der Waals surface area contributed by atoms with Gasteiger partial charge in [0.05, 0.1) is 37.9 Å². The molecule has 3 nitrogen and oxygen atoms in total. The van der Waals surface area contributed by atoms with E-state index in [1.165, 1.54) is 0 Å². The molecule has 0 bridgehead atoms. The first-order valence-electron chi connectivity index (χ1n) is 4.67. The van der Waals surface area contributed by atoms with Gasteiger partial charge >= 0.3 is 0 Å². The molecule has 0 aromatic rings. The molecule has 2 aliphatic heterocycles. The highest BCUT2D eigenvalue weighted by molar-refractivity contribution is 4.92. The summed E-state index contributed by atoms with van der Waals surface area (Å²) in [5.74, 6) is 0. The summed E-state index contributed by atoms with van der Waals surface area (Å²) in [7, 11) is 0. The smallest absolute Gasteiger partial charge is 0.0887 e. The predicted molar refractivity (Wildman–Crippen MR) is 48.1 cm³/mol. The molecule has 0 aromatic heterocycles. The highest BCUT2D eigenvalue weighted by atomic mass is 16.5. The number of hydrogen-bond donors (Lipinski definition) is 0. The lowest BCUT2D eigenvalue weighted by Crippen LogP contribution is -2.24. The van der Waals surface area contributed by atoms with Crippen molar-refractivity contribution in [1.82, 2.24) is 0 Å². The Morgan fingerprint density at radius 3 is 1.69 bits per heavy atom. The predicted octanol–water partition coefficient (Wildman–Crippen LogP) is 1.61. The molecule has 0 saturated carbocycles. The highest BCUT2D eigenvalue weighted by Gasteiger charge is 2.14. The average Bonchev–Trinajstić information content (AvgIpc) is 1.96. The molecule has 72 valence electrons. The molecule has 0 aromatic carbocycles. The Balaban J connectivity index is 1.56. The normalized spacial score (nSPS) is 33.2. The van der Waals surface area contributed by atoms with E-state index in [4.69, 9.17) is 14.2 Å². The topological polar surface area (TPSA) is 27.7 Å². The quantitative estimate of drug-likeness (QED) is 0.618. The van der Waals surface area contributed by atoms with Crippen LogP contribution in [0.5, 0.6) is 0 Å². The third kappa shape index (κ3) is 2.57. The summed E-state index contributed by atoms with van der Waals surface area (Å²) in [6.45, 7) is 1.75. The minimum Gasteiger partial charge on any atom is -0.473 e. The molecule has 0 spiro atoms. The van der Waals surface area contributed by atoms with Gasteiger partial charge in [-0.05, 0) is 12.2 Å². The van der Waals surface area contributed by atoms with Gasteiger partial charge in [-0.3, -0.25) is 0 Å². The Bertz CT molecular complexity index is 180. The van der Waals surface area contributed by atoms with Crippen molar-refractivity contribution >= 4 is 0 Å². The third-order valence-corrected chi connectivity index (χ3v) is 2.21. The van der Waals surface area contributed by atoms with Crippen molar-refractivity contribution < 1.29 is 14.2 Å². The van der Waals surface area contributed by atoms with E-state index in [9.17, 15) is 0 Å². The van der Waals surface area contributed by atoms with Crippen LogP contribution in [-0.4, -0.2) is 25.4 Å². The van der Waals surface area contributed by atoms with Gasteiger partial charge in [-0.2, -0.15) is 0 Å². The van der Waals surface area contributed by atoms with Gasteiger partial charge in [0, 0.05) is 12.8 Å². The van der Waals surface area contributed by atoms with Crippen molar-refractivity contribution in [2.45, 2.75) is 25.0 Å². The van der Waals surface area contributed by atoms with Crippen LogP contribution in [0, 0.1) is 0 Å². The van der Waals surface area contributed by atoms with Gasteiger partial charge < -0.3 is 14.2 Å². The van der Waals surface area contributed by atoms with Gasteiger partial charge in [0.1, 0.15) is 0 Å². The second-order valence-corrected chi connectivity index (χ2v) is 3.19. The second kappa shape index (κ2) is 4.44. The number of rotatable bonds is 4. The summed E-state index contributed by atoms with van der Waals surface area (Å²) < 4.78 is 15.5. The lowest BCUT2D eigenvalue weighted by molar-refractivity contribution is -0.0206. The maximum atomic E-state index is 5.18. The van der Waals surface area contributed by atoms with E-state index in [1.807, 2.05) is 12.2 Å². The fourth-order valence-electron chi connectivity index (χ4n) is 1.12. The SMILES string of the molecule is C(=CC1CCO1)OC=CC1CCO1. The fraction of sp³-hybridized carbons (Fsp3) is 0.600. The molecule has 2 unspecified atom stereocenters. The third-order valence-electron chi connectivity index (χ3n) is 2.21. The van der Waals surface area contributed by atoms with Crippen LogP contribution in [0.1, 0.15) is 12.8 Å². The van der Waals surface area contributed by atoms with Crippen molar-refractivity contribution in [2.75, 3.05) is 13.2 Å². The largest absolute Gasteiger partial charge is 0.473 e. The minimum absolute atomic E-state index is 0.272. The summed E-state index contributed by atoms with van der Waals surface area (Å²) in [5, 5.41) is 0. The van der Waals surface area contributed by atoms with Crippen LogP contribution in [0.15, 0.2) is 24.7 Å². The first-order valence-corrected chi connectivity index (χ1v) is 4.67. The van der Waals surface area contributed by atoms with Crippen molar-refractivity contribution in [2.24, 2.45) is 0 Å². The van der Waals surface area contributed by atoms with Crippen molar-refractivity contribution in [3.05, 3.63) is 24.7 Å². The van der Waals surface area contributed by atoms with Gasteiger partial charge in [0.2, 0.25) is 0 Å². The lowest BCUT2D eigenvalue weighted by atomic mass is 10.2. The molecule has 0 N–H and O–H groups in total. The van der Waals surface area contributed by atoms with Crippen LogP contribution in [0.4, 0.5) is 0 Å². The summed E-state index contributed by atoms with van der Waals surface area (Å²) in [4.78, 5) is 0. The number of hydrogen-bond acceptors (Lipinski definition) is 3. The van der Waals surface area contributed by atoms with Crippen molar-refractivity contribution in [1.29, 1.82) is 0 Å². The Labute approximate surface area is 78.0 Å². The van der Waals surface area contributed by atoms with Crippen LogP contribution in [0.2, 0.25) is 0 Å². The van der Waals surface area contributed by atoms with Gasteiger partial charge in [0.15, 0.2) is 0 Å². The lowest BCUT2D eigenvalue weighted by Gasteiger charge is -2.23. The van der Waals surface area contributed by atoms with Crippen LogP contribution in [0.3, 0.4) is 0 Å². The van der Waals surface area contributed by atoms with E-state index in [-0.39, 0.29) is 12.2 Å².